The van der Waals surface area contributed by atoms with Crippen molar-refractivity contribution in [3.8, 4) is 17.0 Å². The number of carbonyl (C=O) groups excluding carboxylic acids is 1. The van der Waals surface area contributed by atoms with Crippen LogP contribution in [0.3, 0.4) is 0 Å². The second-order valence-electron chi connectivity index (χ2n) is 5.46. The molecule has 0 saturated carbocycles. The van der Waals surface area contributed by atoms with Gasteiger partial charge in [-0.05, 0) is 25.1 Å². The molecule has 0 spiro atoms. The first-order valence-electron chi connectivity index (χ1n) is 7.62. The number of amides is 1. The summed E-state index contributed by atoms with van der Waals surface area (Å²) < 4.78 is 6.72. The average molecular weight is 355 g/mol. The van der Waals surface area contributed by atoms with Gasteiger partial charge in [0.15, 0.2) is 5.13 Å². The van der Waals surface area contributed by atoms with Gasteiger partial charge >= 0.3 is 0 Å². The third-order valence-corrected chi connectivity index (χ3v) is 4.35. The zero-order chi connectivity index (χ0) is 17.8. The number of carbonyl (C=O) groups is 1. The molecule has 0 bridgehead atoms. The van der Waals surface area contributed by atoms with Gasteiger partial charge in [-0.2, -0.15) is 0 Å². The number of nitrogens with one attached hydrogen (secondary N) is 1. The minimum absolute atomic E-state index is 0.0532. The third kappa shape index (κ3) is 3.95. The second-order valence-corrected chi connectivity index (χ2v) is 6.31. The van der Waals surface area contributed by atoms with Crippen LogP contribution < -0.4 is 15.6 Å². The number of methoxy groups -OCH3 is 1. The standard InChI is InChI=1S/C18H17N3O3S/c1-12-6-7-15(24-2)13(9-12)14-11-25-18(19-14)20-16(22)10-21-8-4-3-5-17(21)23/h3-9,11H,10H2,1-2H3,(H,19,20,22). The molecule has 6 nitrogen and oxygen atoms in total. The van der Waals surface area contributed by atoms with Crippen LogP contribution in [0.15, 0.2) is 52.8 Å². The van der Waals surface area contributed by atoms with Gasteiger partial charge in [-0.15, -0.1) is 11.3 Å². The van der Waals surface area contributed by atoms with E-state index >= 15 is 0 Å². The van der Waals surface area contributed by atoms with Crippen molar-refractivity contribution in [3.05, 3.63) is 63.9 Å². The molecule has 0 atom stereocenters. The third-order valence-electron chi connectivity index (χ3n) is 3.59. The van der Waals surface area contributed by atoms with Crippen LogP contribution in [-0.4, -0.2) is 22.6 Å². The van der Waals surface area contributed by atoms with E-state index < -0.39 is 0 Å². The van der Waals surface area contributed by atoms with Crippen molar-refractivity contribution in [3.63, 3.8) is 0 Å². The lowest BCUT2D eigenvalue weighted by Crippen LogP contribution is -2.26. The van der Waals surface area contributed by atoms with E-state index in [4.69, 9.17) is 4.74 Å². The quantitative estimate of drug-likeness (QED) is 0.764. The molecular weight excluding hydrogens is 338 g/mol. The molecule has 0 aliphatic rings. The molecule has 1 aromatic carbocycles. The van der Waals surface area contributed by atoms with Crippen molar-refractivity contribution in [2.24, 2.45) is 0 Å². The summed E-state index contributed by atoms with van der Waals surface area (Å²) in [6.45, 7) is 1.94. The number of aromatic nitrogens is 2. The molecule has 3 rings (SSSR count). The Morgan fingerprint density at radius 2 is 2.16 bits per heavy atom. The predicted octanol–water partition coefficient (Wildman–Crippen LogP) is 2.93. The molecule has 1 N–H and O–H groups in total. The molecule has 3 aromatic rings. The highest BCUT2D eigenvalue weighted by Gasteiger charge is 2.12. The second kappa shape index (κ2) is 7.31. The normalized spacial score (nSPS) is 10.5. The molecule has 7 heteroatoms. The Morgan fingerprint density at radius 3 is 2.92 bits per heavy atom. The molecule has 1 amide bonds. The Hall–Kier alpha value is -2.93. The number of hydrogen-bond acceptors (Lipinski definition) is 5. The van der Waals surface area contributed by atoms with E-state index in [-0.39, 0.29) is 18.0 Å². The van der Waals surface area contributed by atoms with Gasteiger partial charge < -0.3 is 14.6 Å². The van der Waals surface area contributed by atoms with Crippen molar-refractivity contribution in [1.82, 2.24) is 9.55 Å². The summed E-state index contributed by atoms with van der Waals surface area (Å²) in [6, 6.07) is 10.6. The fraction of sp³-hybridized carbons (Fsp3) is 0.167. The number of anilines is 1. The van der Waals surface area contributed by atoms with E-state index in [9.17, 15) is 9.59 Å². The fourth-order valence-corrected chi connectivity index (χ4v) is 3.11. The highest BCUT2D eigenvalue weighted by molar-refractivity contribution is 7.14. The smallest absolute Gasteiger partial charge is 0.250 e. The zero-order valence-corrected chi connectivity index (χ0v) is 14.7. The summed E-state index contributed by atoms with van der Waals surface area (Å²) in [7, 11) is 1.61. The molecule has 0 saturated heterocycles. The Balaban J connectivity index is 1.76. The molecule has 0 fully saturated rings. The van der Waals surface area contributed by atoms with Crippen LogP contribution >= 0.6 is 11.3 Å². The maximum atomic E-state index is 12.1. The molecule has 2 heterocycles. The largest absolute Gasteiger partial charge is 0.496 e. The molecule has 0 aliphatic heterocycles. The lowest BCUT2D eigenvalue weighted by Gasteiger charge is -2.07. The summed E-state index contributed by atoms with van der Waals surface area (Å²) in [4.78, 5) is 28.2. The van der Waals surface area contributed by atoms with Gasteiger partial charge in [0.25, 0.3) is 5.56 Å². The van der Waals surface area contributed by atoms with Gasteiger partial charge in [-0.3, -0.25) is 9.59 Å². The topological polar surface area (TPSA) is 73.2 Å². The van der Waals surface area contributed by atoms with Crippen molar-refractivity contribution in [2.45, 2.75) is 13.5 Å². The van der Waals surface area contributed by atoms with E-state index in [1.807, 2.05) is 30.5 Å². The highest BCUT2D eigenvalue weighted by Crippen LogP contribution is 2.32. The maximum absolute atomic E-state index is 12.1. The van der Waals surface area contributed by atoms with Crippen molar-refractivity contribution < 1.29 is 9.53 Å². The molecule has 0 radical (unpaired) electrons. The van der Waals surface area contributed by atoms with Crippen LogP contribution in [0, 0.1) is 6.92 Å². The zero-order valence-electron chi connectivity index (χ0n) is 13.9. The van der Waals surface area contributed by atoms with Gasteiger partial charge in [0.1, 0.15) is 12.3 Å². The monoisotopic (exact) mass is 355 g/mol. The Kier molecular flexibility index (Phi) is 4.95. The van der Waals surface area contributed by atoms with Crippen molar-refractivity contribution >= 4 is 22.4 Å². The van der Waals surface area contributed by atoms with Gasteiger partial charge in [-0.25, -0.2) is 4.98 Å². The highest BCUT2D eigenvalue weighted by atomic mass is 32.1. The SMILES string of the molecule is COc1ccc(C)cc1-c1csc(NC(=O)Cn2ccccc2=O)n1. The van der Waals surface area contributed by atoms with E-state index in [1.54, 1.807) is 25.4 Å². The van der Waals surface area contributed by atoms with Crippen LogP contribution in [0.1, 0.15) is 5.56 Å². The van der Waals surface area contributed by atoms with Gasteiger partial charge in [0.2, 0.25) is 5.91 Å². The summed E-state index contributed by atoms with van der Waals surface area (Å²) in [5, 5.41) is 5.07. The predicted molar refractivity (Wildman–Crippen MR) is 98.2 cm³/mol. The van der Waals surface area contributed by atoms with E-state index in [2.05, 4.69) is 10.3 Å². The molecule has 2 aromatic heterocycles. The summed E-state index contributed by atoms with van der Waals surface area (Å²) in [5.41, 5.74) is 2.48. The van der Waals surface area contributed by atoms with Gasteiger partial charge in [0.05, 0.1) is 12.8 Å². The van der Waals surface area contributed by atoms with Gasteiger partial charge in [0, 0.05) is 23.2 Å². The van der Waals surface area contributed by atoms with Crippen LogP contribution in [0.25, 0.3) is 11.3 Å². The fourth-order valence-electron chi connectivity index (χ4n) is 2.38. The van der Waals surface area contributed by atoms with Gasteiger partial charge in [-0.1, -0.05) is 17.7 Å². The van der Waals surface area contributed by atoms with Crippen LogP contribution in [-0.2, 0) is 11.3 Å². The Bertz CT molecular complexity index is 962. The molecule has 0 aliphatic carbocycles. The van der Waals surface area contributed by atoms with E-state index in [0.717, 1.165) is 22.6 Å². The van der Waals surface area contributed by atoms with Crippen LogP contribution in [0.2, 0.25) is 0 Å². The van der Waals surface area contributed by atoms with E-state index in [1.165, 1.54) is 22.0 Å². The number of thiazole rings is 1. The minimum atomic E-state index is -0.301. The Morgan fingerprint density at radius 1 is 1.32 bits per heavy atom. The van der Waals surface area contributed by atoms with E-state index in [0.29, 0.717) is 5.13 Å². The molecular formula is C18H17N3O3S. The number of hydrogen-bond donors (Lipinski definition) is 1. The number of nitrogens with zero attached hydrogens (tertiary/aromatic N) is 2. The van der Waals surface area contributed by atoms with Crippen LogP contribution in [0.5, 0.6) is 5.75 Å². The first kappa shape index (κ1) is 16.9. The summed E-state index contributed by atoms with van der Waals surface area (Å²) in [6.07, 6.45) is 1.58. The number of rotatable bonds is 5. The number of aryl methyl sites for hydroxylation is 1. The first-order valence-corrected chi connectivity index (χ1v) is 8.50. The lowest BCUT2D eigenvalue weighted by atomic mass is 10.1. The molecule has 128 valence electrons. The molecule has 25 heavy (non-hydrogen) atoms. The summed E-state index contributed by atoms with van der Waals surface area (Å²) in [5.74, 6) is 0.426. The van der Waals surface area contributed by atoms with Crippen LogP contribution in [0.4, 0.5) is 5.13 Å². The maximum Gasteiger partial charge on any atom is 0.250 e. The minimum Gasteiger partial charge on any atom is -0.496 e. The van der Waals surface area contributed by atoms with Crippen molar-refractivity contribution in [1.29, 1.82) is 0 Å². The first-order chi connectivity index (χ1) is 12.1. The van der Waals surface area contributed by atoms with Crippen molar-refractivity contribution in [2.75, 3.05) is 12.4 Å². The molecule has 0 unspecified atom stereocenters. The summed E-state index contributed by atoms with van der Waals surface area (Å²) >= 11 is 1.33. The number of ether oxygens (including phenoxy) is 1. The number of pyridine rings is 1. The number of benzene rings is 1. The Labute approximate surface area is 148 Å². The lowest BCUT2D eigenvalue weighted by molar-refractivity contribution is -0.116. The average Bonchev–Trinajstić information content (AvgIpc) is 3.05.